The molecule has 0 aliphatic heterocycles. The molecular weight excluding hydrogens is 194 g/mol. The maximum absolute atomic E-state index is 2.18. The quantitative estimate of drug-likeness (QED) is 0.727. The first-order chi connectivity index (χ1) is 7.74. The molecule has 82 valence electrons. The lowest BCUT2D eigenvalue weighted by molar-refractivity contribution is 1.14. The Morgan fingerprint density at radius 3 is 2.25 bits per heavy atom. The highest BCUT2D eigenvalue weighted by atomic mass is 15.1. The molecule has 0 bridgehead atoms. The van der Waals surface area contributed by atoms with E-state index in [1.165, 1.54) is 22.0 Å². The van der Waals surface area contributed by atoms with Crippen LogP contribution in [0.15, 0.2) is 42.5 Å². The van der Waals surface area contributed by atoms with Gasteiger partial charge in [0, 0.05) is 25.2 Å². The first-order valence-electron chi connectivity index (χ1n) is 5.56. The number of allylic oxidation sites excluding steroid dienone is 1. The highest BCUT2D eigenvalue weighted by Gasteiger charge is 2.04. The second kappa shape index (κ2) is 4.40. The molecule has 0 spiro atoms. The first kappa shape index (κ1) is 10.7. The van der Waals surface area contributed by atoms with Crippen molar-refractivity contribution < 1.29 is 0 Å². The van der Waals surface area contributed by atoms with E-state index < -0.39 is 0 Å². The Morgan fingerprint density at radius 1 is 0.938 bits per heavy atom. The third-order valence-electron chi connectivity index (χ3n) is 2.76. The third kappa shape index (κ3) is 1.81. The van der Waals surface area contributed by atoms with E-state index in [2.05, 4.69) is 74.5 Å². The van der Waals surface area contributed by atoms with Crippen LogP contribution in [0.2, 0.25) is 0 Å². The molecule has 1 heteroatoms. The Morgan fingerprint density at radius 2 is 1.62 bits per heavy atom. The molecule has 16 heavy (non-hydrogen) atoms. The van der Waals surface area contributed by atoms with Gasteiger partial charge in [0.15, 0.2) is 0 Å². The van der Waals surface area contributed by atoms with Crippen LogP contribution in [0.4, 0.5) is 5.69 Å². The van der Waals surface area contributed by atoms with E-state index >= 15 is 0 Å². The lowest BCUT2D eigenvalue weighted by Crippen LogP contribution is -2.09. The second-order valence-electron chi connectivity index (χ2n) is 4.11. The molecule has 0 aromatic heterocycles. The van der Waals surface area contributed by atoms with Gasteiger partial charge in [-0.15, -0.1) is 0 Å². The zero-order valence-corrected chi connectivity index (χ0v) is 10.1. The van der Waals surface area contributed by atoms with E-state index in [4.69, 9.17) is 0 Å². The highest BCUT2D eigenvalue weighted by molar-refractivity contribution is 5.99. The van der Waals surface area contributed by atoms with E-state index in [-0.39, 0.29) is 0 Å². The van der Waals surface area contributed by atoms with Crippen LogP contribution in [0.5, 0.6) is 0 Å². The van der Waals surface area contributed by atoms with Gasteiger partial charge in [0.25, 0.3) is 0 Å². The highest BCUT2D eigenvalue weighted by Crippen LogP contribution is 2.28. The van der Waals surface area contributed by atoms with Gasteiger partial charge in [0.05, 0.1) is 0 Å². The van der Waals surface area contributed by atoms with Gasteiger partial charge in [-0.05, 0) is 23.9 Å². The summed E-state index contributed by atoms with van der Waals surface area (Å²) in [5.74, 6) is 0. The number of hydrogen-bond acceptors (Lipinski definition) is 1. The summed E-state index contributed by atoms with van der Waals surface area (Å²) >= 11 is 0. The predicted molar refractivity (Wildman–Crippen MR) is 73.0 cm³/mol. The Balaban J connectivity index is 2.77. The van der Waals surface area contributed by atoms with Crippen LogP contribution in [-0.4, -0.2) is 14.1 Å². The number of rotatable bonds is 2. The molecule has 1 nitrogen and oxygen atoms in total. The number of benzene rings is 2. The Bertz CT molecular complexity index is 524. The fourth-order valence-corrected chi connectivity index (χ4v) is 2.02. The molecule has 2 rings (SSSR count). The van der Waals surface area contributed by atoms with Crippen LogP contribution >= 0.6 is 0 Å². The standard InChI is InChI=1S/C15H17N/c1-4-7-12-10-11-15(16(2)3)14-9-6-5-8-13(12)14/h4-11H,1-3H3/b7-4+. The van der Waals surface area contributed by atoms with Crippen LogP contribution < -0.4 is 4.90 Å². The van der Waals surface area contributed by atoms with Crippen LogP contribution in [0.3, 0.4) is 0 Å². The van der Waals surface area contributed by atoms with Crippen LogP contribution in [0.1, 0.15) is 12.5 Å². The maximum atomic E-state index is 2.18. The number of anilines is 1. The summed E-state index contributed by atoms with van der Waals surface area (Å²) in [7, 11) is 4.16. The molecule has 2 aromatic rings. The SMILES string of the molecule is C/C=C/c1ccc(N(C)C)c2ccccc12. The molecule has 0 aliphatic rings. The van der Waals surface area contributed by atoms with E-state index in [1.807, 2.05) is 0 Å². The molecule has 0 fully saturated rings. The molecule has 0 N–H and O–H groups in total. The lowest BCUT2D eigenvalue weighted by atomic mass is 10.0. The summed E-state index contributed by atoms with van der Waals surface area (Å²) in [5.41, 5.74) is 2.55. The average molecular weight is 211 g/mol. The average Bonchev–Trinajstić information content (AvgIpc) is 2.29. The van der Waals surface area contributed by atoms with Crippen molar-refractivity contribution in [2.75, 3.05) is 19.0 Å². The number of fused-ring (bicyclic) bond motifs is 1. The van der Waals surface area contributed by atoms with Gasteiger partial charge in [-0.1, -0.05) is 42.5 Å². The number of hydrogen-bond donors (Lipinski definition) is 0. The van der Waals surface area contributed by atoms with Crippen molar-refractivity contribution in [3.8, 4) is 0 Å². The molecule has 0 aliphatic carbocycles. The van der Waals surface area contributed by atoms with Gasteiger partial charge in [0.2, 0.25) is 0 Å². The Labute approximate surface area is 97.0 Å². The van der Waals surface area contributed by atoms with Crippen molar-refractivity contribution in [1.29, 1.82) is 0 Å². The van der Waals surface area contributed by atoms with Crippen LogP contribution in [0, 0.1) is 0 Å². The predicted octanol–water partition coefficient (Wildman–Crippen LogP) is 3.94. The molecule has 0 radical (unpaired) electrons. The van der Waals surface area contributed by atoms with Crippen molar-refractivity contribution in [3.63, 3.8) is 0 Å². The third-order valence-corrected chi connectivity index (χ3v) is 2.76. The smallest absolute Gasteiger partial charge is 0.0441 e. The second-order valence-corrected chi connectivity index (χ2v) is 4.11. The summed E-state index contributed by atoms with van der Waals surface area (Å²) in [6.07, 6.45) is 4.23. The van der Waals surface area contributed by atoms with Crippen molar-refractivity contribution in [2.24, 2.45) is 0 Å². The van der Waals surface area contributed by atoms with Crippen molar-refractivity contribution in [3.05, 3.63) is 48.0 Å². The zero-order chi connectivity index (χ0) is 11.5. The van der Waals surface area contributed by atoms with Crippen LogP contribution in [-0.2, 0) is 0 Å². The normalized spacial score (nSPS) is 11.2. The summed E-state index contributed by atoms with van der Waals surface area (Å²) in [5, 5.41) is 2.62. The van der Waals surface area contributed by atoms with Gasteiger partial charge in [-0.2, -0.15) is 0 Å². The van der Waals surface area contributed by atoms with Gasteiger partial charge in [0.1, 0.15) is 0 Å². The molecule has 0 atom stereocenters. The molecule has 2 aromatic carbocycles. The number of nitrogens with zero attached hydrogens (tertiary/aromatic N) is 1. The first-order valence-corrected chi connectivity index (χ1v) is 5.56. The minimum atomic E-state index is 1.27. The van der Waals surface area contributed by atoms with Gasteiger partial charge >= 0.3 is 0 Å². The van der Waals surface area contributed by atoms with E-state index in [0.717, 1.165) is 0 Å². The van der Waals surface area contributed by atoms with Crippen molar-refractivity contribution in [1.82, 2.24) is 0 Å². The van der Waals surface area contributed by atoms with Gasteiger partial charge in [-0.3, -0.25) is 0 Å². The minimum absolute atomic E-state index is 1.27. The summed E-state index contributed by atoms with van der Waals surface area (Å²) in [4.78, 5) is 2.15. The topological polar surface area (TPSA) is 3.24 Å². The summed E-state index contributed by atoms with van der Waals surface area (Å²) in [6.45, 7) is 2.05. The lowest BCUT2D eigenvalue weighted by Gasteiger charge is -2.16. The molecule has 0 saturated heterocycles. The maximum Gasteiger partial charge on any atom is 0.0441 e. The van der Waals surface area contributed by atoms with E-state index in [0.29, 0.717) is 0 Å². The minimum Gasteiger partial charge on any atom is -0.377 e. The van der Waals surface area contributed by atoms with Crippen molar-refractivity contribution in [2.45, 2.75) is 6.92 Å². The summed E-state index contributed by atoms with van der Waals surface area (Å²) < 4.78 is 0. The van der Waals surface area contributed by atoms with Gasteiger partial charge in [-0.25, -0.2) is 0 Å². The largest absolute Gasteiger partial charge is 0.377 e. The van der Waals surface area contributed by atoms with Crippen LogP contribution in [0.25, 0.3) is 16.8 Å². The molecule has 0 heterocycles. The van der Waals surface area contributed by atoms with Gasteiger partial charge < -0.3 is 4.90 Å². The van der Waals surface area contributed by atoms with E-state index in [9.17, 15) is 0 Å². The zero-order valence-electron chi connectivity index (χ0n) is 10.1. The molecule has 0 amide bonds. The Kier molecular flexibility index (Phi) is 2.95. The molecule has 0 saturated carbocycles. The summed E-state index contributed by atoms with van der Waals surface area (Å²) in [6, 6.07) is 12.9. The van der Waals surface area contributed by atoms with Crippen molar-refractivity contribution >= 4 is 22.5 Å². The fourth-order valence-electron chi connectivity index (χ4n) is 2.02. The molecular formula is C15H17N. The molecule has 0 unspecified atom stereocenters. The fraction of sp³-hybridized carbons (Fsp3) is 0.200. The Hall–Kier alpha value is -1.76. The monoisotopic (exact) mass is 211 g/mol. The van der Waals surface area contributed by atoms with E-state index in [1.54, 1.807) is 0 Å².